The molecule has 3 N–H and O–H groups in total. The van der Waals surface area contributed by atoms with Crippen molar-refractivity contribution < 1.29 is 111 Å². The van der Waals surface area contributed by atoms with Crippen LogP contribution >= 0.6 is 0 Å². The van der Waals surface area contributed by atoms with Gasteiger partial charge in [-0.3, -0.25) is 0 Å². The van der Waals surface area contributed by atoms with Crippen LogP contribution in [0.3, 0.4) is 0 Å². The van der Waals surface area contributed by atoms with Gasteiger partial charge in [-0.05, 0) is 0 Å². The summed E-state index contributed by atoms with van der Waals surface area (Å²) in [7, 11) is 1.75. The molecule has 0 rings (SSSR count). The van der Waals surface area contributed by atoms with E-state index in [0.29, 0.717) is 0 Å². The molecule has 0 aliphatic carbocycles. The molecule has 5 heteroatoms. The SMILES string of the molecule is C[NH3+].[Cl-].[Cs+].[I-].[PbH2]. The van der Waals surface area contributed by atoms with E-state index in [1.807, 2.05) is 0 Å². The molecule has 6 heavy (non-hydrogen) atoms. The number of hydrogen-bond acceptors (Lipinski definition) is 0. The van der Waals surface area contributed by atoms with Crippen LogP contribution in [-0.4, -0.2) is 34.3 Å². The Morgan fingerprint density at radius 2 is 1.17 bits per heavy atom. The van der Waals surface area contributed by atoms with Gasteiger partial charge >= 0.3 is 96.2 Å². The average molecular weight is 537 g/mol. The zero-order valence-corrected chi connectivity index (χ0v) is 18.9. The third kappa shape index (κ3) is 24.6. The van der Waals surface area contributed by atoms with Crippen molar-refractivity contribution in [2.45, 2.75) is 0 Å². The molecule has 0 aliphatic heterocycles. The molecule has 1 nitrogen and oxygen atoms in total. The Labute approximate surface area is 141 Å². The van der Waals surface area contributed by atoms with Crippen molar-refractivity contribution in [3.05, 3.63) is 0 Å². The summed E-state index contributed by atoms with van der Waals surface area (Å²) in [5, 5.41) is 0. The van der Waals surface area contributed by atoms with Crippen molar-refractivity contribution in [3.8, 4) is 0 Å². The Morgan fingerprint density at radius 3 is 1.17 bits per heavy atom. The molecule has 0 heterocycles. The first kappa shape index (κ1) is 32.5. The molecule has 2 radical (unpaired) electrons. The van der Waals surface area contributed by atoms with Gasteiger partial charge in [0, 0.05) is 0 Å². The van der Waals surface area contributed by atoms with Crippen LogP contribution < -0.4 is 111 Å². The summed E-state index contributed by atoms with van der Waals surface area (Å²) in [6.07, 6.45) is 0. The van der Waals surface area contributed by atoms with Gasteiger partial charge in [0.05, 0.1) is 7.05 Å². The fourth-order valence-electron chi connectivity index (χ4n) is 0. The summed E-state index contributed by atoms with van der Waals surface area (Å²) in [6, 6.07) is 0. The normalized spacial score (nSPS) is 1.00. The van der Waals surface area contributed by atoms with E-state index in [0.717, 1.165) is 0 Å². The van der Waals surface area contributed by atoms with Crippen LogP contribution in [0.15, 0.2) is 0 Å². The van der Waals surface area contributed by atoms with E-state index >= 15 is 0 Å². The van der Waals surface area contributed by atoms with Crippen molar-refractivity contribution in [1.29, 1.82) is 0 Å². The van der Waals surface area contributed by atoms with Gasteiger partial charge in [0.1, 0.15) is 0 Å². The third-order valence-electron chi connectivity index (χ3n) is 0. The van der Waals surface area contributed by atoms with Crippen molar-refractivity contribution in [1.82, 2.24) is 0 Å². The van der Waals surface area contributed by atoms with Gasteiger partial charge in [-0.2, -0.15) is 0 Å². The average Bonchev–Trinajstić information content (AvgIpc) is 1.00. The van der Waals surface area contributed by atoms with Crippen LogP contribution in [-0.2, 0) is 0 Å². The predicted octanol–water partition coefficient (Wildman–Crippen LogP) is -11.0. The second-order valence-electron chi connectivity index (χ2n) is 0. The van der Waals surface area contributed by atoms with E-state index in [-0.39, 0.29) is 133 Å². The van der Waals surface area contributed by atoms with Crippen molar-refractivity contribution in [2.75, 3.05) is 7.05 Å². The summed E-state index contributed by atoms with van der Waals surface area (Å²) >= 11 is 0. The molecule has 0 saturated carbocycles. The molecule has 0 amide bonds. The first-order valence-electron chi connectivity index (χ1n) is 0.707. The quantitative estimate of drug-likeness (QED) is 0.236. The van der Waals surface area contributed by atoms with E-state index in [1.54, 1.807) is 7.05 Å². The van der Waals surface area contributed by atoms with E-state index in [2.05, 4.69) is 5.73 Å². The molecule has 0 bridgehead atoms. The molecule has 0 aliphatic rings. The minimum atomic E-state index is 0. The Hall–Kier alpha value is 3.95. The maximum atomic E-state index is 3.25. The number of hydrogen-bond donors (Lipinski definition) is 1. The van der Waals surface area contributed by atoms with E-state index in [4.69, 9.17) is 0 Å². The fourth-order valence-corrected chi connectivity index (χ4v) is 0. The van der Waals surface area contributed by atoms with Gasteiger partial charge in [-0.15, -0.1) is 0 Å². The van der Waals surface area contributed by atoms with Gasteiger partial charge in [-0.1, -0.05) is 0 Å². The summed E-state index contributed by atoms with van der Waals surface area (Å²) in [5.74, 6) is 0. The monoisotopic (exact) mass is 537 g/mol. The molecule has 0 spiro atoms. The molecule has 0 fully saturated rings. The third-order valence-corrected chi connectivity index (χ3v) is 0. The zero-order valence-electron chi connectivity index (χ0n) is 4.17. The Kier molecular flexibility index (Phi) is 196. The van der Waals surface area contributed by atoms with Crippen LogP contribution in [0.4, 0.5) is 0 Å². The van der Waals surface area contributed by atoms with Crippen LogP contribution in [0.25, 0.3) is 0 Å². The summed E-state index contributed by atoms with van der Waals surface area (Å²) < 4.78 is 0. The zero-order chi connectivity index (χ0) is 2.00. The number of quaternary nitrogens is 1. The number of rotatable bonds is 0. The Bertz CT molecular complexity index is 15.5. The van der Waals surface area contributed by atoms with Crippen molar-refractivity contribution >= 4 is 27.3 Å². The van der Waals surface area contributed by atoms with E-state index < -0.39 is 0 Å². The first-order valence-corrected chi connectivity index (χ1v) is 0.707. The second-order valence-corrected chi connectivity index (χ2v) is 0. The summed E-state index contributed by atoms with van der Waals surface area (Å²) in [5.41, 5.74) is 3.25. The maximum absolute atomic E-state index is 3.25. The molecular weight excluding hydrogens is 528 g/mol. The second kappa shape index (κ2) is 36.2. The van der Waals surface area contributed by atoms with Gasteiger partial charge < -0.3 is 42.1 Å². The summed E-state index contributed by atoms with van der Waals surface area (Å²) in [6.45, 7) is 0. The molecule has 0 aromatic rings. The van der Waals surface area contributed by atoms with Crippen LogP contribution in [0.1, 0.15) is 0 Å². The Balaban J connectivity index is -0.000000000833. The van der Waals surface area contributed by atoms with Gasteiger partial charge in [0.2, 0.25) is 0 Å². The van der Waals surface area contributed by atoms with Gasteiger partial charge in [-0.25, -0.2) is 0 Å². The summed E-state index contributed by atoms with van der Waals surface area (Å²) in [4.78, 5) is 0. The molecule has 0 aromatic heterocycles. The topological polar surface area (TPSA) is 27.6 Å². The predicted molar refractivity (Wildman–Crippen MR) is 17.4 cm³/mol. The molecule has 36 valence electrons. The first-order chi connectivity index (χ1) is 1.00. The van der Waals surface area contributed by atoms with E-state index in [9.17, 15) is 0 Å². The molecule has 0 unspecified atom stereocenters. The Morgan fingerprint density at radius 1 is 1.17 bits per heavy atom. The van der Waals surface area contributed by atoms with Crippen LogP contribution in [0, 0.1) is 0 Å². The molecule has 0 saturated heterocycles. The van der Waals surface area contributed by atoms with E-state index in [1.165, 1.54) is 0 Å². The minimum absolute atomic E-state index is 0. The molecular formula is CH8ClCsINPb. The fraction of sp³-hybridized carbons (Fsp3) is 1.00. The van der Waals surface area contributed by atoms with Crippen molar-refractivity contribution in [3.63, 3.8) is 0 Å². The van der Waals surface area contributed by atoms with Crippen LogP contribution in [0.5, 0.6) is 0 Å². The van der Waals surface area contributed by atoms with Gasteiger partial charge in [0.25, 0.3) is 0 Å². The van der Waals surface area contributed by atoms with Gasteiger partial charge in [0.15, 0.2) is 0 Å². The standard InChI is InChI=1S/CH5N.ClH.Cs.HI.Pb.2H/c1-2;;;;;;/h2H2,1H3;1H;;1H;;;/q;;+1;;;;/p-1. The van der Waals surface area contributed by atoms with Crippen molar-refractivity contribution in [2.24, 2.45) is 0 Å². The number of halogens is 2. The molecule has 0 atom stereocenters. The molecule has 0 aromatic carbocycles. The van der Waals surface area contributed by atoms with Crippen LogP contribution in [0.2, 0.25) is 0 Å².